The van der Waals surface area contributed by atoms with Crippen molar-refractivity contribution in [3.8, 4) is 0 Å². The number of aliphatic hydroxyl groups excluding tert-OH is 2. The number of amides is 1. The fourth-order valence-electron chi connectivity index (χ4n) is 1.44. The van der Waals surface area contributed by atoms with Crippen LogP contribution in [0.25, 0.3) is 0 Å². The maximum atomic E-state index is 11.5. The van der Waals surface area contributed by atoms with E-state index in [0.717, 1.165) is 0 Å². The van der Waals surface area contributed by atoms with Gasteiger partial charge in [-0.05, 0) is 30.2 Å². The Labute approximate surface area is 116 Å². The molecule has 1 unspecified atom stereocenters. The molecule has 100 valence electrons. The summed E-state index contributed by atoms with van der Waals surface area (Å²) in [5.74, 6) is -0.285. The lowest BCUT2D eigenvalue weighted by atomic mass is 10.1. The molecule has 18 heavy (non-hydrogen) atoms. The fourth-order valence-corrected chi connectivity index (χ4v) is 1.98. The second kappa shape index (κ2) is 7.59. The molecule has 0 bridgehead atoms. The topological polar surface area (TPSA) is 69.6 Å². The van der Waals surface area contributed by atoms with Gasteiger partial charge in [0.2, 0.25) is 5.91 Å². The number of aliphatic hydroxyl groups is 2. The highest BCUT2D eigenvalue weighted by Gasteiger charge is 2.13. The molecule has 0 spiro atoms. The van der Waals surface area contributed by atoms with Gasteiger partial charge in [0.05, 0.1) is 12.5 Å². The highest BCUT2D eigenvalue weighted by atomic mass is 35.5. The summed E-state index contributed by atoms with van der Waals surface area (Å²) in [6.45, 7) is 0.408. The highest BCUT2D eigenvalue weighted by molar-refractivity contribution is 6.34. The molecule has 0 heterocycles. The van der Waals surface area contributed by atoms with Gasteiger partial charge in [-0.1, -0.05) is 23.2 Å². The van der Waals surface area contributed by atoms with Crippen molar-refractivity contribution in [3.63, 3.8) is 0 Å². The molecular formula is C12H15Cl2NO3. The first-order valence-electron chi connectivity index (χ1n) is 5.54. The van der Waals surface area contributed by atoms with Crippen LogP contribution in [0, 0.1) is 0 Å². The molecule has 0 aliphatic heterocycles. The van der Waals surface area contributed by atoms with Crippen molar-refractivity contribution in [1.82, 2.24) is 5.32 Å². The number of carbonyl (C=O) groups is 1. The summed E-state index contributed by atoms with van der Waals surface area (Å²) < 4.78 is 0. The van der Waals surface area contributed by atoms with Crippen LogP contribution in [0.4, 0.5) is 0 Å². The van der Waals surface area contributed by atoms with Crippen LogP contribution < -0.4 is 5.32 Å². The molecular weight excluding hydrogens is 277 g/mol. The largest absolute Gasteiger partial charge is 0.396 e. The summed E-state index contributed by atoms with van der Waals surface area (Å²) in [5, 5.41) is 21.9. The maximum Gasteiger partial charge on any atom is 0.222 e. The fraction of sp³-hybridized carbons (Fsp3) is 0.417. The van der Waals surface area contributed by atoms with Crippen molar-refractivity contribution in [2.24, 2.45) is 0 Å². The Hall–Kier alpha value is -0.810. The molecule has 1 rings (SSSR count). The Morgan fingerprint density at radius 2 is 1.89 bits per heavy atom. The molecule has 0 aromatic heterocycles. The van der Waals surface area contributed by atoms with Crippen molar-refractivity contribution in [1.29, 1.82) is 0 Å². The molecule has 1 amide bonds. The van der Waals surface area contributed by atoms with E-state index in [0.29, 0.717) is 28.6 Å². The summed E-state index contributed by atoms with van der Waals surface area (Å²) in [5.41, 5.74) is 0.504. The van der Waals surface area contributed by atoms with Crippen LogP contribution >= 0.6 is 23.2 Å². The van der Waals surface area contributed by atoms with Crippen LogP contribution in [0.2, 0.25) is 10.0 Å². The van der Waals surface area contributed by atoms with Gasteiger partial charge in [0.1, 0.15) is 0 Å². The van der Waals surface area contributed by atoms with Crippen molar-refractivity contribution >= 4 is 29.1 Å². The third-order valence-electron chi connectivity index (χ3n) is 2.31. The van der Waals surface area contributed by atoms with E-state index in [1.165, 1.54) is 0 Å². The number of carbonyl (C=O) groups excluding carboxylic acids is 1. The smallest absolute Gasteiger partial charge is 0.222 e. The molecule has 1 aromatic rings. The third-order valence-corrected chi connectivity index (χ3v) is 2.74. The maximum absolute atomic E-state index is 11.5. The molecule has 0 saturated heterocycles. The van der Waals surface area contributed by atoms with Gasteiger partial charge in [-0.2, -0.15) is 0 Å². The predicted molar refractivity (Wildman–Crippen MR) is 70.8 cm³/mol. The molecule has 1 atom stereocenters. The molecule has 0 saturated carbocycles. The van der Waals surface area contributed by atoms with Crippen LogP contribution in [0.3, 0.4) is 0 Å². The lowest BCUT2D eigenvalue weighted by Gasteiger charge is -2.12. The van der Waals surface area contributed by atoms with Crippen molar-refractivity contribution in [2.75, 3.05) is 13.2 Å². The normalized spacial score (nSPS) is 12.2. The number of rotatable bonds is 6. The van der Waals surface area contributed by atoms with Crippen LogP contribution in [-0.2, 0) is 4.79 Å². The van der Waals surface area contributed by atoms with E-state index in [4.69, 9.17) is 28.3 Å². The first kappa shape index (κ1) is 15.2. The van der Waals surface area contributed by atoms with Gasteiger partial charge in [-0.3, -0.25) is 4.79 Å². The van der Waals surface area contributed by atoms with E-state index in [1.807, 2.05) is 0 Å². The van der Waals surface area contributed by atoms with Gasteiger partial charge in [0.15, 0.2) is 0 Å². The van der Waals surface area contributed by atoms with Gasteiger partial charge < -0.3 is 15.5 Å². The molecule has 0 fully saturated rings. The first-order chi connectivity index (χ1) is 8.52. The number of hydrogen-bond donors (Lipinski definition) is 3. The highest BCUT2D eigenvalue weighted by Crippen LogP contribution is 2.25. The molecule has 0 aliphatic carbocycles. The quantitative estimate of drug-likeness (QED) is 0.702. The van der Waals surface area contributed by atoms with E-state index in [1.54, 1.807) is 18.2 Å². The Balaban J connectivity index is 2.53. The average molecular weight is 292 g/mol. The molecule has 0 radical (unpaired) electrons. The molecule has 3 N–H and O–H groups in total. The second-order valence-corrected chi connectivity index (χ2v) is 4.72. The van der Waals surface area contributed by atoms with Crippen LogP contribution in [0.5, 0.6) is 0 Å². The third kappa shape index (κ3) is 5.23. The lowest BCUT2D eigenvalue weighted by Crippen LogP contribution is -2.26. The van der Waals surface area contributed by atoms with Crippen molar-refractivity contribution in [2.45, 2.75) is 18.9 Å². The summed E-state index contributed by atoms with van der Waals surface area (Å²) in [4.78, 5) is 11.5. The Bertz CT molecular complexity index is 392. The molecule has 6 heteroatoms. The lowest BCUT2D eigenvalue weighted by molar-refractivity contribution is -0.123. The SMILES string of the molecule is O=C(CC(O)c1cc(Cl)cc(Cl)c1)NCCCO. The Morgan fingerprint density at radius 1 is 1.28 bits per heavy atom. The first-order valence-corrected chi connectivity index (χ1v) is 6.30. The van der Waals surface area contributed by atoms with Gasteiger partial charge >= 0.3 is 0 Å². The Morgan fingerprint density at radius 3 is 2.44 bits per heavy atom. The zero-order valence-corrected chi connectivity index (χ0v) is 11.2. The van der Waals surface area contributed by atoms with Gasteiger partial charge in [-0.25, -0.2) is 0 Å². The summed E-state index contributed by atoms with van der Waals surface area (Å²) in [6, 6.07) is 4.69. The summed E-state index contributed by atoms with van der Waals surface area (Å²) in [6.07, 6.45) is -0.525. The zero-order valence-electron chi connectivity index (χ0n) is 9.70. The number of hydrogen-bond acceptors (Lipinski definition) is 3. The molecule has 4 nitrogen and oxygen atoms in total. The average Bonchev–Trinajstić information content (AvgIpc) is 2.28. The predicted octanol–water partition coefficient (Wildman–Crippen LogP) is 1.92. The number of nitrogens with one attached hydrogen (secondary N) is 1. The minimum Gasteiger partial charge on any atom is -0.396 e. The number of benzene rings is 1. The van der Waals surface area contributed by atoms with Gasteiger partial charge in [-0.15, -0.1) is 0 Å². The standard InChI is InChI=1S/C12H15Cl2NO3/c13-9-4-8(5-10(14)6-9)11(17)7-12(18)15-2-1-3-16/h4-6,11,16-17H,1-3,7H2,(H,15,18). The minimum atomic E-state index is -0.949. The van der Waals surface area contributed by atoms with Gasteiger partial charge in [0.25, 0.3) is 0 Å². The van der Waals surface area contributed by atoms with Crippen molar-refractivity contribution < 1.29 is 15.0 Å². The van der Waals surface area contributed by atoms with Gasteiger partial charge in [0, 0.05) is 23.2 Å². The van der Waals surface area contributed by atoms with E-state index in [9.17, 15) is 9.90 Å². The van der Waals surface area contributed by atoms with E-state index >= 15 is 0 Å². The molecule has 1 aromatic carbocycles. The Kier molecular flexibility index (Phi) is 6.43. The van der Waals surface area contributed by atoms with Crippen molar-refractivity contribution in [3.05, 3.63) is 33.8 Å². The molecule has 0 aliphatic rings. The van der Waals surface area contributed by atoms with E-state index in [-0.39, 0.29) is 18.9 Å². The second-order valence-electron chi connectivity index (χ2n) is 3.85. The minimum absolute atomic E-state index is 0.0206. The zero-order chi connectivity index (χ0) is 13.5. The van der Waals surface area contributed by atoms with Crippen LogP contribution in [-0.4, -0.2) is 29.3 Å². The van der Waals surface area contributed by atoms with Crippen LogP contribution in [0.1, 0.15) is 24.5 Å². The van der Waals surface area contributed by atoms with Crippen LogP contribution in [0.15, 0.2) is 18.2 Å². The summed E-state index contributed by atoms with van der Waals surface area (Å²) in [7, 11) is 0. The monoisotopic (exact) mass is 291 g/mol. The van der Waals surface area contributed by atoms with E-state index in [2.05, 4.69) is 5.32 Å². The summed E-state index contributed by atoms with van der Waals surface area (Å²) >= 11 is 11.6. The number of halogens is 2. The van der Waals surface area contributed by atoms with E-state index < -0.39 is 6.10 Å².